The highest BCUT2D eigenvalue weighted by atomic mass is 15.2. The number of imidazole rings is 1. The summed E-state index contributed by atoms with van der Waals surface area (Å²) in [5.74, 6) is 0.467. The minimum atomic E-state index is 0.0634. The van der Waals surface area contributed by atoms with Crippen molar-refractivity contribution < 1.29 is 0 Å². The smallest absolute Gasteiger partial charge is 0.201 e. The molecule has 0 amide bonds. The van der Waals surface area contributed by atoms with Crippen LogP contribution in [0.2, 0.25) is 0 Å². The third-order valence-corrected chi connectivity index (χ3v) is 3.26. The number of nitriles is 1. The number of nitrogens with two attached hydrogens (primary N) is 1. The van der Waals surface area contributed by atoms with Crippen LogP contribution in [0.3, 0.4) is 0 Å². The summed E-state index contributed by atoms with van der Waals surface area (Å²) >= 11 is 0. The number of nitrogens with zero attached hydrogens (tertiary/aromatic N) is 4. The first-order valence-corrected chi connectivity index (χ1v) is 6.63. The van der Waals surface area contributed by atoms with Crippen LogP contribution in [-0.2, 0) is 6.54 Å². The molecule has 0 spiro atoms. The molecule has 5 heteroatoms. The topological polar surface area (TPSA) is 70.9 Å². The lowest BCUT2D eigenvalue weighted by molar-refractivity contribution is 0.214. The molecule has 1 aromatic carbocycles. The summed E-state index contributed by atoms with van der Waals surface area (Å²) in [6.45, 7) is 6.12. The molecule has 0 atom stereocenters. The van der Waals surface area contributed by atoms with Gasteiger partial charge >= 0.3 is 0 Å². The van der Waals surface area contributed by atoms with Crippen LogP contribution in [0, 0.1) is 16.7 Å². The van der Waals surface area contributed by atoms with Gasteiger partial charge in [-0.1, -0.05) is 19.9 Å². The van der Waals surface area contributed by atoms with Crippen LogP contribution < -0.4 is 5.73 Å². The fraction of sp³-hybridized carbons (Fsp3) is 0.467. The van der Waals surface area contributed by atoms with E-state index in [2.05, 4.69) is 43.9 Å². The van der Waals surface area contributed by atoms with Crippen molar-refractivity contribution in [2.45, 2.75) is 20.4 Å². The lowest BCUT2D eigenvalue weighted by Gasteiger charge is -2.29. The third-order valence-electron chi connectivity index (χ3n) is 3.26. The lowest BCUT2D eigenvalue weighted by Crippen LogP contribution is -2.32. The van der Waals surface area contributed by atoms with E-state index in [1.165, 1.54) is 0 Å². The van der Waals surface area contributed by atoms with Gasteiger partial charge in [-0.3, -0.25) is 0 Å². The molecule has 2 aromatic rings. The summed E-state index contributed by atoms with van der Waals surface area (Å²) in [7, 11) is 4.12. The largest absolute Gasteiger partial charge is 0.369 e. The molecule has 0 aliphatic heterocycles. The van der Waals surface area contributed by atoms with Gasteiger partial charge in [0.05, 0.1) is 11.1 Å². The molecule has 0 bridgehead atoms. The summed E-state index contributed by atoms with van der Waals surface area (Å²) in [5.41, 5.74) is 8.29. The average Bonchev–Trinajstić information content (AvgIpc) is 2.64. The van der Waals surface area contributed by atoms with Crippen molar-refractivity contribution in [3.8, 4) is 6.07 Å². The Balaban J connectivity index is 2.46. The van der Waals surface area contributed by atoms with E-state index in [4.69, 9.17) is 11.0 Å². The quantitative estimate of drug-likeness (QED) is 0.924. The third kappa shape index (κ3) is 2.75. The number of aromatic nitrogens is 2. The van der Waals surface area contributed by atoms with Crippen LogP contribution in [0.4, 0.5) is 5.95 Å². The predicted molar refractivity (Wildman–Crippen MR) is 81.2 cm³/mol. The van der Waals surface area contributed by atoms with E-state index in [1.807, 2.05) is 16.7 Å². The van der Waals surface area contributed by atoms with Crippen molar-refractivity contribution in [1.82, 2.24) is 14.5 Å². The van der Waals surface area contributed by atoms with Gasteiger partial charge in [-0.05, 0) is 31.6 Å². The van der Waals surface area contributed by atoms with E-state index in [0.29, 0.717) is 17.0 Å². The Labute approximate surface area is 119 Å². The van der Waals surface area contributed by atoms with E-state index in [-0.39, 0.29) is 5.41 Å². The van der Waals surface area contributed by atoms with Crippen LogP contribution in [0.5, 0.6) is 0 Å². The van der Waals surface area contributed by atoms with Crippen LogP contribution in [-0.4, -0.2) is 35.1 Å². The molecule has 0 aliphatic carbocycles. The van der Waals surface area contributed by atoms with Crippen molar-refractivity contribution >= 4 is 17.0 Å². The highest BCUT2D eigenvalue weighted by molar-refractivity contribution is 5.83. The molecule has 0 saturated carbocycles. The van der Waals surface area contributed by atoms with Gasteiger partial charge < -0.3 is 15.2 Å². The van der Waals surface area contributed by atoms with E-state index in [1.54, 1.807) is 6.07 Å². The van der Waals surface area contributed by atoms with Gasteiger partial charge in [-0.25, -0.2) is 4.98 Å². The number of hydrogen-bond acceptors (Lipinski definition) is 4. The Morgan fingerprint density at radius 3 is 2.70 bits per heavy atom. The number of fused-ring (bicyclic) bond motifs is 1. The summed E-state index contributed by atoms with van der Waals surface area (Å²) in [6.07, 6.45) is 0. The maximum atomic E-state index is 9.14. The van der Waals surface area contributed by atoms with Gasteiger partial charge in [-0.15, -0.1) is 0 Å². The second-order valence-electron chi connectivity index (χ2n) is 6.24. The van der Waals surface area contributed by atoms with Gasteiger partial charge in [-0.2, -0.15) is 5.26 Å². The Kier molecular flexibility index (Phi) is 3.69. The Morgan fingerprint density at radius 1 is 1.40 bits per heavy atom. The molecule has 5 nitrogen and oxygen atoms in total. The van der Waals surface area contributed by atoms with Gasteiger partial charge in [0.25, 0.3) is 0 Å². The fourth-order valence-corrected chi connectivity index (χ4v) is 2.76. The summed E-state index contributed by atoms with van der Waals surface area (Å²) in [6, 6.07) is 7.77. The first kappa shape index (κ1) is 14.4. The molecule has 0 aliphatic rings. The predicted octanol–water partition coefficient (Wildman–Crippen LogP) is 2.08. The fourth-order valence-electron chi connectivity index (χ4n) is 2.76. The van der Waals surface area contributed by atoms with Gasteiger partial charge in [0.1, 0.15) is 11.6 Å². The number of rotatable bonds is 4. The van der Waals surface area contributed by atoms with Gasteiger partial charge in [0.2, 0.25) is 5.95 Å². The second-order valence-corrected chi connectivity index (χ2v) is 6.24. The maximum absolute atomic E-state index is 9.14. The van der Waals surface area contributed by atoms with Gasteiger partial charge in [0.15, 0.2) is 0 Å². The Morgan fingerprint density at radius 2 is 2.10 bits per heavy atom. The molecule has 2 N–H and O–H groups in total. The first-order valence-electron chi connectivity index (χ1n) is 6.63. The molecule has 1 aromatic heterocycles. The number of para-hydroxylation sites is 1. The zero-order valence-electron chi connectivity index (χ0n) is 12.5. The summed E-state index contributed by atoms with van der Waals surface area (Å²) in [5, 5.41) is 9.14. The summed E-state index contributed by atoms with van der Waals surface area (Å²) < 4.78 is 2.00. The minimum Gasteiger partial charge on any atom is -0.369 e. The van der Waals surface area contributed by atoms with Crippen LogP contribution in [0.25, 0.3) is 11.0 Å². The SMILES string of the molecule is CN(C)CC(C)(C)Cn1c(N)nc2c(C#N)cccc21. The monoisotopic (exact) mass is 271 g/mol. The number of benzene rings is 1. The van der Waals surface area contributed by atoms with E-state index >= 15 is 0 Å². The van der Waals surface area contributed by atoms with Crippen molar-refractivity contribution in [3.05, 3.63) is 23.8 Å². The zero-order chi connectivity index (χ0) is 14.9. The molecule has 20 heavy (non-hydrogen) atoms. The normalized spacial score (nSPS) is 12.0. The number of hydrogen-bond donors (Lipinski definition) is 1. The highest BCUT2D eigenvalue weighted by Gasteiger charge is 2.22. The minimum absolute atomic E-state index is 0.0634. The van der Waals surface area contributed by atoms with Crippen molar-refractivity contribution in [2.24, 2.45) is 5.41 Å². The molecule has 0 radical (unpaired) electrons. The molecule has 0 saturated heterocycles. The van der Waals surface area contributed by atoms with Crippen LogP contribution >= 0.6 is 0 Å². The average molecular weight is 271 g/mol. The van der Waals surface area contributed by atoms with Crippen LogP contribution in [0.1, 0.15) is 19.4 Å². The van der Waals surface area contributed by atoms with E-state index < -0.39 is 0 Å². The maximum Gasteiger partial charge on any atom is 0.201 e. The summed E-state index contributed by atoms with van der Waals surface area (Å²) in [4.78, 5) is 6.51. The first-order chi connectivity index (χ1) is 9.34. The number of anilines is 1. The molecule has 106 valence electrons. The van der Waals surface area contributed by atoms with Crippen LogP contribution in [0.15, 0.2) is 18.2 Å². The molecule has 1 heterocycles. The van der Waals surface area contributed by atoms with E-state index in [0.717, 1.165) is 18.6 Å². The molecular weight excluding hydrogens is 250 g/mol. The number of nitrogen functional groups attached to an aromatic ring is 1. The standard InChI is InChI=1S/C15H21N5/c1-15(2,9-19(3)4)10-20-12-7-5-6-11(8-16)13(12)18-14(20)17/h5-7H,9-10H2,1-4H3,(H2,17,18). The van der Waals surface area contributed by atoms with E-state index in [9.17, 15) is 0 Å². The van der Waals surface area contributed by atoms with Crippen molar-refractivity contribution in [2.75, 3.05) is 26.4 Å². The molecule has 0 fully saturated rings. The molecular formula is C15H21N5. The second kappa shape index (κ2) is 5.14. The molecule has 2 rings (SSSR count). The Hall–Kier alpha value is -2.06. The van der Waals surface area contributed by atoms with Gasteiger partial charge in [0, 0.05) is 13.1 Å². The zero-order valence-corrected chi connectivity index (χ0v) is 12.5. The lowest BCUT2D eigenvalue weighted by atomic mass is 9.92. The highest BCUT2D eigenvalue weighted by Crippen LogP contribution is 2.26. The molecule has 0 unspecified atom stereocenters. The Bertz CT molecular complexity index is 661. The van der Waals surface area contributed by atoms with Crippen molar-refractivity contribution in [3.63, 3.8) is 0 Å². The van der Waals surface area contributed by atoms with Crippen molar-refractivity contribution in [1.29, 1.82) is 5.26 Å².